The molecule has 5 heteroatoms. The molecule has 23 heavy (non-hydrogen) atoms. The number of furan rings is 1. The summed E-state index contributed by atoms with van der Waals surface area (Å²) in [5.41, 5.74) is 2.32. The summed E-state index contributed by atoms with van der Waals surface area (Å²) in [6.45, 7) is 8.67. The van der Waals surface area contributed by atoms with Gasteiger partial charge in [-0.3, -0.25) is 0 Å². The van der Waals surface area contributed by atoms with Gasteiger partial charge in [-0.15, -0.1) is 0 Å². The van der Waals surface area contributed by atoms with E-state index >= 15 is 0 Å². The average molecular weight is 316 g/mol. The van der Waals surface area contributed by atoms with E-state index in [1.807, 2.05) is 52.0 Å². The molecule has 1 aromatic carbocycles. The topological polar surface area (TPSA) is 63.5 Å². The quantitative estimate of drug-likeness (QED) is 0.800. The van der Waals surface area contributed by atoms with Gasteiger partial charge >= 0.3 is 6.03 Å². The van der Waals surface area contributed by atoms with Crippen molar-refractivity contribution >= 4 is 6.03 Å². The number of nitrogens with one attached hydrogen (secondary N) is 2. The van der Waals surface area contributed by atoms with E-state index in [-0.39, 0.29) is 12.1 Å². The van der Waals surface area contributed by atoms with Crippen LogP contribution in [0.5, 0.6) is 5.75 Å². The van der Waals surface area contributed by atoms with Crippen molar-refractivity contribution in [3.8, 4) is 5.75 Å². The molecule has 1 heterocycles. The molecule has 0 aliphatic heterocycles. The molecule has 0 saturated carbocycles. The van der Waals surface area contributed by atoms with Gasteiger partial charge in [0.2, 0.25) is 0 Å². The molecule has 0 bridgehead atoms. The Hall–Kier alpha value is -2.43. The van der Waals surface area contributed by atoms with E-state index in [0.717, 1.165) is 28.4 Å². The standard InChI is InChI=1S/C18H24N2O3/c1-12-9-13(2)11-16(10-12)22-8-7-19-18(21)20-15(4)17-6-5-14(3)23-17/h5-6,9-11,15H,7-8H2,1-4H3,(H2,19,20,21). The number of ether oxygens (including phenoxy) is 1. The van der Waals surface area contributed by atoms with Crippen LogP contribution in [0.3, 0.4) is 0 Å². The lowest BCUT2D eigenvalue weighted by Crippen LogP contribution is -2.38. The van der Waals surface area contributed by atoms with Gasteiger partial charge in [0.25, 0.3) is 0 Å². The molecular weight excluding hydrogens is 292 g/mol. The highest BCUT2D eigenvalue weighted by molar-refractivity contribution is 5.74. The Morgan fingerprint density at radius 1 is 1.17 bits per heavy atom. The maximum absolute atomic E-state index is 11.8. The van der Waals surface area contributed by atoms with Crippen LogP contribution in [-0.4, -0.2) is 19.2 Å². The fourth-order valence-corrected chi connectivity index (χ4v) is 2.35. The van der Waals surface area contributed by atoms with Gasteiger partial charge in [-0.05, 0) is 63.1 Å². The molecule has 0 saturated heterocycles. The molecule has 0 aliphatic rings. The van der Waals surface area contributed by atoms with E-state index in [1.54, 1.807) is 0 Å². The molecule has 2 amide bonds. The second-order valence-electron chi connectivity index (χ2n) is 5.74. The monoisotopic (exact) mass is 316 g/mol. The van der Waals surface area contributed by atoms with Crippen molar-refractivity contribution in [1.29, 1.82) is 0 Å². The molecule has 2 aromatic rings. The number of carbonyl (C=O) groups excluding carboxylic acids is 1. The zero-order chi connectivity index (χ0) is 16.8. The predicted octanol–water partition coefficient (Wildman–Crippen LogP) is 3.64. The van der Waals surface area contributed by atoms with Crippen molar-refractivity contribution < 1.29 is 13.9 Å². The third kappa shape index (κ3) is 5.36. The van der Waals surface area contributed by atoms with Crippen LogP contribution in [0.2, 0.25) is 0 Å². The number of benzene rings is 1. The first-order valence-electron chi connectivity index (χ1n) is 7.76. The Morgan fingerprint density at radius 2 is 1.87 bits per heavy atom. The average Bonchev–Trinajstić information content (AvgIpc) is 2.89. The highest BCUT2D eigenvalue weighted by Crippen LogP contribution is 2.16. The van der Waals surface area contributed by atoms with Gasteiger partial charge in [0.15, 0.2) is 0 Å². The smallest absolute Gasteiger partial charge is 0.315 e. The number of aryl methyl sites for hydroxylation is 3. The van der Waals surface area contributed by atoms with Gasteiger partial charge in [0.1, 0.15) is 23.9 Å². The van der Waals surface area contributed by atoms with Crippen molar-refractivity contribution in [2.45, 2.75) is 33.7 Å². The van der Waals surface area contributed by atoms with Crippen LogP contribution >= 0.6 is 0 Å². The van der Waals surface area contributed by atoms with Crippen LogP contribution < -0.4 is 15.4 Å². The second-order valence-corrected chi connectivity index (χ2v) is 5.74. The molecular formula is C18H24N2O3. The van der Waals surface area contributed by atoms with E-state index in [9.17, 15) is 4.79 Å². The Balaban J connectivity index is 1.70. The van der Waals surface area contributed by atoms with Crippen molar-refractivity contribution in [1.82, 2.24) is 10.6 Å². The second kappa shape index (κ2) is 7.72. The zero-order valence-electron chi connectivity index (χ0n) is 14.1. The van der Waals surface area contributed by atoms with Crippen LogP contribution in [-0.2, 0) is 0 Å². The minimum absolute atomic E-state index is 0.177. The number of rotatable bonds is 6. The third-order valence-corrected chi connectivity index (χ3v) is 3.39. The number of amides is 2. The Morgan fingerprint density at radius 3 is 2.48 bits per heavy atom. The summed E-state index contributed by atoms with van der Waals surface area (Å²) < 4.78 is 11.1. The fourth-order valence-electron chi connectivity index (χ4n) is 2.35. The fraction of sp³-hybridized carbons (Fsp3) is 0.389. The van der Waals surface area contributed by atoms with E-state index in [2.05, 4.69) is 16.7 Å². The first-order valence-corrected chi connectivity index (χ1v) is 7.76. The minimum atomic E-state index is -0.240. The van der Waals surface area contributed by atoms with Gasteiger partial charge in [0, 0.05) is 0 Å². The summed E-state index contributed by atoms with van der Waals surface area (Å²) in [6, 6.07) is 9.38. The molecule has 5 nitrogen and oxygen atoms in total. The van der Waals surface area contributed by atoms with Gasteiger partial charge < -0.3 is 19.8 Å². The Labute approximate surface area is 137 Å². The van der Waals surface area contributed by atoms with Crippen molar-refractivity contribution in [2.24, 2.45) is 0 Å². The largest absolute Gasteiger partial charge is 0.492 e. The van der Waals surface area contributed by atoms with Crippen LogP contribution in [0.1, 0.15) is 35.6 Å². The van der Waals surface area contributed by atoms with E-state index < -0.39 is 0 Å². The third-order valence-electron chi connectivity index (χ3n) is 3.39. The summed E-state index contributed by atoms with van der Waals surface area (Å²) in [5, 5.41) is 5.60. The number of carbonyl (C=O) groups is 1. The number of urea groups is 1. The zero-order valence-corrected chi connectivity index (χ0v) is 14.1. The number of hydrogen-bond acceptors (Lipinski definition) is 3. The molecule has 2 rings (SSSR count). The van der Waals surface area contributed by atoms with Crippen LogP contribution in [0, 0.1) is 20.8 Å². The van der Waals surface area contributed by atoms with Gasteiger partial charge in [-0.25, -0.2) is 4.79 Å². The lowest BCUT2D eigenvalue weighted by Gasteiger charge is -2.13. The molecule has 0 fully saturated rings. The lowest BCUT2D eigenvalue weighted by atomic mass is 10.1. The summed E-state index contributed by atoms with van der Waals surface area (Å²) in [5.74, 6) is 2.39. The van der Waals surface area contributed by atoms with Crippen molar-refractivity contribution in [3.05, 3.63) is 53.0 Å². The maximum atomic E-state index is 11.8. The first kappa shape index (κ1) is 16.9. The summed E-state index contributed by atoms with van der Waals surface area (Å²) >= 11 is 0. The molecule has 1 unspecified atom stereocenters. The first-order chi connectivity index (χ1) is 10.9. The highest BCUT2D eigenvalue weighted by atomic mass is 16.5. The molecule has 1 atom stereocenters. The van der Waals surface area contributed by atoms with Crippen LogP contribution in [0.4, 0.5) is 4.79 Å². The van der Waals surface area contributed by atoms with E-state index in [0.29, 0.717) is 13.2 Å². The molecule has 124 valence electrons. The maximum Gasteiger partial charge on any atom is 0.315 e. The number of hydrogen-bond donors (Lipinski definition) is 2. The molecule has 0 spiro atoms. The van der Waals surface area contributed by atoms with E-state index in [1.165, 1.54) is 0 Å². The Kier molecular flexibility index (Phi) is 5.68. The van der Waals surface area contributed by atoms with Gasteiger partial charge in [0.05, 0.1) is 12.6 Å². The highest BCUT2D eigenvalue weighted by Gasteiger charge is 2.12. The normalized spacial score (nSPS) is 11.8. The molecule has 1 aromatic heterocycles. The van der Waals surface area contributed by atoms with Crippen LogP contribution in [0.15, 0.2) is 34.7 Å². The minimum Gasteiger partial charge on any atom is -0.492 e. The Bertz CT molecular complexity index is 644. The molecule has 2 N–H and O–H groups in total. The van der Waals surface area contributed by atoms with Gasteiger partial charge in [-0.1, -0.05) is 6.07 Å². The summed E-state index contributed by atoms with van der Waals surface area (Å²) in [4.78, 5) is 11.8. The van der Waals surface area contributed by atoms with Crippen LogP contribution in [0.25, 0.3) is 0 Å². The SMILES string of the molecule is Cc1cc(C)cc(OCCNC(=O)NC(C)c2ccc(C)o2)c1. The van der Waals surface area contributed by atoms with E-state index in [4.69, 9.17) is 9.15 Å². The summed E-state index contributed by atoms with van der Waals surface area (Å²) in [7, 11) is 0. The van der Waals surface area contributed by atoms with Gasteiger partial charge in [-0.2, -0.15) is 0 Å². The van der Waals surface area contributed by atoms with Crippen molar-refractivity contribution in [3.63, 3.8) is 0 Å². The molecule has 0 aliphatic carbocycles. The van der Waals surface area contributed by atoms with Crippen molar-refractivity contribution in [2.75, 3.05) is 13.2 Å². The molecule has 0 radical (unpaired) electrons. The summed E-state index contributed by atoms with van der Waals surface area (Å²) in [6.07, 6.45) is 0. The predicted molar refractivity (Wildman–Crippen MR) is 89.8 cm³/mol. The lowest BCUT2D eigenvalue weighted by molar-refractivity contribution is 0.231.